The third-order valence-electron chi connectivity index (χ3n) is 2.10. The Kier molecular flexibility index (Phi) is 5.14. The molecule has 0 aliphatic carbocycles. The van der Waals surface area contributed by atoms with Crippen molar-refractivity contribution in [2.75, 3.05) is 0 Å². The first-order valence-corrected chi connectivity index (χ1v) is 8.10. The molecule has 0 saturated heterocycles. The fourth-order valence-corrected chi connectivity index (χ4v) is 4.77. The van der Waals surface area contributed by atoms with Gasteiger partial charge in [-0.05, 0) is 41.4 Å². The number of aryl methyl sites for hydroxylation is 1. The molecule has 1 rings (SSSR count). The van der Waals surface area contributed by atoms with Crippen molar-refractivity contribution in [3.05, 3.63) is 15.4 Å². The maximum absolute atomic E-state index is 12.0. The van der Waals surface area contributed by atoms with Gasteiger partial charge in [-0.15, -0.1) is 11.3 Å². The molecule has 1 heterocycles. The quantitative estimate of drug-likeness (QED) is 0.323. The Morgan fingerprint density at radius 1 is 1.72 bits per heavy atom. The predicted octanol–water partition coefficient (Wildman–Crippen LogP) is 1.62. The Balaban J connectivity index is 2.82. The molecule has 0 radical (unpaired) electrons. The molecule has 0 aliphatic heterocycles. The highest BCUT2D eigenvalue weighted by molar-refractivity contribution is 9.11. The zero-order valence-electron chi connectivity index (χ0n) is 9.84. The van der Waals surface area contributed by atoms with Gasteiger partial charge in [-0.2, -0.15) is 0 Å². The van der Waals surface area contributed by atoms with Crippen molar-refractivity contribution in [3.63, 3.8) is 0 Å². The van der Waals surface area contributed by atoms with Crippen LogP contribution in [0.25, 0.3) is 0 Å². The summed E-state index contributed by atoms with van der Waals surface area (Å²) in [6.45, 7) is 3.46. The third kappa shape index (κ3) is 3.94. The number of hydrogen-bond donors (Lipinski definition) is 3. The molecule has 0 amide bonds. The third-order valence-corrected chi connectivity index (χ3v) is 6.30. The van der Waals surface area contributed by atoms with E-state index in [2.05, 4.69) is 25.8 Å². The van der Waals surface area contributed by atoms with Gasteiger partial charge in [-0.3, -0.25) is 0 Å². The van der Waals surface area contributed by atoms with Crippen LogP contribution in [0.4, 0.5) is 0 Å². The number of rotatable bonds is 5. The molecule has 18 heavy (non-hydrogen) atoms. The molecule has 4 N–H and O–H groups in total. The van der Waals surface area contributed by atoms with E-state index < -0.39 is 16.1 Å². The normalized spacial score (nSPS) is 14.7. The average molecular weight is 356 g/mol. The standard InChI is InChI=1S/C9H14BrN3O3S2/c1-5-3-8(17-9(5)10)18(15,16)13-6(2)4-7(11)12-14/h3,6,13-14H,4H2,1-2H3,(H2,11,12). The summed E-state index contributed by atoms with van der Waals surface area (Å²) in [5.74, 6) is -0.0197. The van der Waals surface area contributed by atoms with Crippen LogP contribution in [0, 0.1) is 6.92 Å². The fourth-order valence-electron chi connectivity index (χ4n) is 1.28. The SMILES string of the molecule is Cc1cc(S(=O)(=O)NC(C)CC(N)=NO)sc1Br. The predicted molar refractivity (Wildman–Crippen MR) is 74.6 cm³/mol. The summed E-state index contributed by atoms with van der Waals surface area (Å²) in [5, 5.41) is 11.2. The van der Waals surface area contributed by atoms with Gasteiger partial charge < -0.3 is 10.9 Å². The minimum Gasteiger partial charge on any atom is -0.409 e. The van der Waals surface area contributed by atoms with E-state index in [1.807, 2.05) is 6.92 Å². The van der Waals surface area contributed by atoms with Gasteiger partial charge in [-0.25, -0.2) is 13.1 Å². The van der Waals surface area contributed by atoms with Gasteiger partial charge in [0.2, 0.25) is 10.0 Å². The second-order valence-electron chi connectivity index (χ2n) is 3.84. The zero-order chi connectivity index (χ0) is 13.9. The van der Waals surface area contributed by atoms with Gasteiger partial charge in [0.25, 0.3) is 0 Å². The number of oxime groups is 1. The maximum atomic E-state index is 12.0. The van der Waals surface area contributed by atoms with Gasteiger partial charge in [-0.1, -0.05) is 5.16 Å². The number of hydrogen-bond acceptors (Lipinski definition) is 5. The van der Waals surface area contributed by atoms with Crippen molar-refractivity contribution in [1.29, 1.82) is 0 Å². The minimum absolute atomic E-state index is 0.0197. The summed E-state index contributed by atoms with van der Waals surface area (Å²) in [7, 11) is -3.57. The monoisotopic (exact) mass is 355 g/mol. The smallest absolute Gasteiger partial charge is 0.250 e. The van der Waals surface area contributed by atoms with Crippen LogP contribution >= 0.6 is 27.3 Å². The van der Waals surface area contributed by atoms with Crippen molar-refractivity contribution >= 4 is 43.1 Å². The number of nitrogens with one attached hydrogen (secondary N) is 1. The highest BCUT2D eigenvalue weighted by Crippen LogP contribution is 2.30. The molecule has 9 heteroatoms. The van der Waals surface area contributed by atoms with Crippen LogP contribution < -0.4 is 10.5 Å². The van der Waals surface area contributed by atoms with E-state index in [-0.39, 0.29) is 16.5 Å². The van der Waals surface area contributed by atoms with Gasteiger partial charge in [0, 0.05) is 12.5 Å². The van der Waals surface area contributed by atoms with Crippen LogP contribution in [0.15, 0.2) is 19.2 Å². The molecule has 0 spiro atoms. The van der Waals surface area contributed by atoms with Crippen molar-refractivity contribution in [3.8, 4) is 0 Å². The molecule has 102 valence electrons. The molecule has 6 nitrogen and oxygen atoms in total. The Labute approximate surface area is 118 Å². The topological polar surface area (TPSA) is 105 Å². The molecule has 0 fully saturated rings. The van der Waals surface area contributed by atoms with E-state index >= 15 is 0 Å². The van der Waals surface area contributed by atoms with Gasteiger partial charge >= 0.3 is 0 Å². The van der Waals surface area contributed by atoms with E-state index in [1.165, 1.54) is 0 Å². The number of nitrogens with two attached hydrogens (primary N) is 1. The lowest BCUT2D eigenvalue weighted by Gasteiger charge is -2.12. The molecule has 1 unspecified atom stereocenters. The van der Waals surface area contributed by atoms with Crippen LogP contribution in [-0.2, 0) is 10.0 Å². The molecule has 1 aromatic rings. The van der Waals surface area contributed by atoms with E-state index in [4.69, 9.17) is 10.9 Å². The Bertz CT molecular complexity index is 534. The molecule has 0 aromatic carbocycles. The number of nitrogens with zero attached hydrogens (tertiary/aromatic N) is 1. The first-order valence-electron chi connectivity index (χ1n) is 5.01. The number of thiophene rings is 1. The molecular weight excluding hydrogens is 342 g/mol. The number of amidine groups is 1. The van der Waals surface area contributed by atoms with E-state index in [0.717, 1.165) is 20.7 Å². The fraction of sp³-hybridized carbons (Fsp3) is 0.444. The summed E-state index contributed by atoms with van der Waals surface area (Å²) in [6.07, 6.45) is 0.140. The van der Waals surface area contributed by atoms with E-state index in [0.29, 0.717) is 0 Å². The van der Waals surface area contributed by atoms with Crippen LogP contribution in [0.2, 0.25) is 0 Å². The second-order valence-corrected chi connectivity index (χ2v) is 8.15. The van der Waals surface area contributed by atoms with Crippen molar-refractivity contribution in [2.24, 2.45) is 10.9 Å². The lowest BCUT2D eigenvalue weighted by atomic mass is 10.2. The molecule has 1 aromatic heterocycles. The van der Waals surface area contributed by atoms with Gasteiger partial charge in [0.1, 0.15) is 10.0 Å². The average Bonchev–Trinajstić information content (AvgIpc) is 2.59. The summed E-state index contributed by atoms with van der Waals surface area (Å²) in [6, 6.07) is 1.14. The van der Waals surface area contributed by atoms with Gasteiger partial charge in [0.15, 0.2) is 0 Å². The van der Waals surface area contributed by atoms with Crippen LogP contribution in [-0.4, -0.2) is 25.5 Å². The van der Waals surface area contributed by atoms with Gasteiger partial charge in [0.05, 0.1) is 3.79 Å². The van der Waals surface area contributed by atoms with Crippen molar-refractivity contribution in [1.82, 2.24) is 4.72 Å². The molecule has 0 bridgehead atoms. The molecule has 0 aliphatic rings. The van der Waals surface area contributed by atoms with Crippen LogP contribution in [0.1, 0.15) is 18.9 Å². The Morgan fingerprint density at radius 2 is 2.33 bits per heavy atom. The lowest BCUT2D eigenvalue weighted by molar-refractivity contribution is 0.316. The van der Waals surface area contributed by atoms with E-state index in [9.17, 15) is 8.42 Å². The molecule has 1 atom stereocenters. The lowest BCUT2D eigenvalue weighted by Crippen LogP contribution is -2.35. The Hall–Kier alpha value is -0.640. The first-order chi connectivity index (χ1) is 8.26. The van der Waals surface area contributed by atoms with Crippen LogP contribution in [0.5, 0.6) is 0 Å². The molecule has 0 saturated carbocycles. The largest absolute Gasteiger partial charge is 0.409 e. The Morgan fingerprint density at radius 3 is 2.78 bits per heavy atom. The summed E-state index contributed by atoms with van der Waals surface area (Å²) < 4.78 is 27.5. The number of halogens is 1. The maximum Gasteiger partial charge on any atom is 0.250 e. The van der Waals surface area contributed by atoms with Crippen molar-refractivity contribution in [2.45, 2.75) is 30.5 Å². The highest BCUT2D eigenvalue weighted by atomic mass is 79.9. The summed E-state index contributed by atoms with van der Waals surface area (Å²) >= 11 is 4.42. The van der Waals surface area contributed by atoms with E-state index in [1.54, 1.807) is 13.0 Å². The zero-order valence-corrected chi connectivity index (χ0v) is 13.1. The summed E-state index contributed by atoms with van der Waals surface area (Å²) in [5.41, 5.74) is 6.19. The summed E-state index contributed by atoms with van der Waals surface area (Å²) in [4.78, 5) is 0. The van der Waals surface area contributed by atoms with Crippen molar-refractivity contribution < 1.29 is 13.6 Å². The highest BCUT2D eigenvalue weighted by Gasteiger charge is 2.21. The number of sulfonamides is 1. The minimum atomic E-state index is -3.57. The van der Waals surface area contributed by atoms with Crippen LogP contribution in [0.3, 0.4) is 0 Å². The molecular formula is C9H14BrN3O3S2. The first kappa shape index (κ1) is 15.4. The second kappa shape index (κ2) is 6.00.